The fourth-order valence-corrected chi connectivity index (χ4v) is 4.07. The molecule has 0 saturated carbocycles. The van der Waals surface area contributed by atoms with Crippen LogP contribution in [0.5, 0.6) is 0 Å². The van der Waals surface area contributed by atoms with Crippen LogP contribution in [0.25, 0.3) is 11.3 Å². The second-order valence-corrected chi connectivity index (χ2v) is 6.69. The monoisotopic (exact) mass is 329 g/mol. The summed E-state index contributed by atoms with van der Waals surface area (Å²) in [5.74, 6) is 0.438. The van der Waals surface area contributed by atoms with Gasteiger partial charge in [-0.3, -0.25) is 0 Å². The van der Waals surface area contributed by atoms with Crippen molar-refractivity contribution in [1.82, 2.24) is 9.46 Å². The third kappa shape index (κ3) is 2.96. The lowest BCUT2D eigenvalue weighted by atomic mass is 10.2. The van der Waals surface area contributed by atoms with Crippen LogP contribution in [0.3, 0.4) is 0 Å². The maximum absolute atomic E-state index is 12.7. The highest BCUT2D eigenvalue weighted by Crippen LogP contribution is 2.30. The normalized spacial score (nSPS) is 19.4. The molecule has 3 rings (SSSR count). The average molecular weight is 330 g/mol. The maximum atomic E-state index is 12.7. The van der Waals surface area contributed by atoms with Gasteiger partial charge in [-0.25, -0.2) is 8.42 Å². The number of sulfonamides is 1. The molecule has 2 heterocycles. The van der Waals surface area contributed by atoms with Crippen molar-refractivity contribution in [1.29, 1.82) is 0 Å². The second kappa shape index (κ2) is 6.15. The van der Waals surface area contributed by atoms with Gasteiger partial charge in [0.05, 0.1) is 11.1 Å². The van der Waals surface area contributed by atoms with Crippen LogP contribution >= 0.6 is 12.4 Å². The fraction of sp³-hybridized carbons (Fsp3) is 0.308. The summed E-state index contributed by atoms with van der Waals surface area (Å²) in [6.07, 6.45) is 2.17. The molecule has 21 heavy (non-hydrogen) atoms. The van der Waals surface area contributed by atoms with Crippen molar-refractivity contribution in [3.63, 3.8) is 0 Å². The van der Waals surface area contributed by atoms with E-state index in [0.717, 1.165) is 0 Å². The predicted molar refractivity (Wildman–Crippen MR) is 80.5 cm³/mol. The summed E-state index contributed by atoms with van der Waals surface area (Å²) in [5, 5.41) is 3.63. The zero-order valence-corrected chi connectivity index (χ0v) is 12.8. The molecule has 2 N–H and O–H groups in total. The molecule has 0 aliphatic carbocycles. The summed E-state index contributed by atoms with van der Waals surface area (Å²) in [7, 11) is -3.56. The lowest BCUT2D eigenvalue weighted by Gasteiger charge is -2.17. The van der Waals surface area contributed by atoms with Crippen LogP contribution in [-0.4, -0.2) is 37.0 Å². The van der Waals surface area contributed by atoms with Crippen molar-refractivity contribution in [3.05, 3.63) is 36.5 Å². The van der Waals surface area contributed by atoms with Gasteiger partial charge in [0.15, 0.2) is 5.76 Å². The first-order chi connectivity index (χ1) is 9.59. The Hall–Kier alpha value is -1.41. The molecule has 1 fully saturated rings. The minimum absolute atomic E-state index is 0. The number of halogens is 1. The van der Waals surface area contributed by atoms with E-state index < -0.39 is 10.0 Å². The maximum Gasteiger partial charge on any atom is 0.243 e. The van der Waals surface area contributed by atoms with E-state index in [1.54, 1.807) is 30.3 Å². The van der Waals surface area contributed by atoms with Gasteiger partial charge in [0.25, 0.3) is 0 Å². The first-order valence-corrected chi connectivity index (χ1v) is 7.79. The Morgan fingerprint density at radius 2 is 2.05 bits per heavy atom. The Kier molecular flexibility index (Phi) is 4.67. The van der Waals surface area contributed by atoms with E-state index >= 15 is 0 Å². The van der Waals surface area contributed by atoms with E-state index in [4.69, 9.17) is 10.3 Å². The number of aromatic nitrogens is 1. The predicted octanol–water partition coefficient (Wildman–Crippen LogP) is 1.49. The summed E-state index contributed by atoms with van der Waals surface area (Å²) < 4.78 is 31.9. The summed E-state index contributed by atoms with van der Waals surface area (Å²) in [5.41, 5.74) is 6.32. The van der Waals surface area contributed by atoms with Gasteiger partial charge >= 0.3 is 0 Å². The third-order valence-corrected chi connectivity index (χ3v) is 5.32. The highest BCUT2D eigenvalue weighted by molar-refractivity contribution is 7.89. The second-order valence-electron chi connectivity index (χ2n) is 4.78. The van der Waals surface area contributed by atoms with E-state index in [1.165, 1.54) is 10.5 Å². The number of rotatable bonds is 3. The zero-order valence-electron chi connectivity index (χ0n) is 11.2. The van der Waals surface area contributed by atoms with Crippen LogP contribution in [0.4, 0.5) is 0 Å². The van der Waals surface area contributed by atoms with Crippen LogP contribution in [0, 0.1) is 0 Å². The Labute approximate surface area is 129 Å². The average Bonchev–Trinajstić information content (AvgIpc) is 3.10. The van der Waals surface area contributed by atoms with E-state index in [2.05, 4.69) is 5.16 Å². The largest absolute Gasteiger partial charge is 0.356 e. The molecule has 0 amide bonds. The highest BCUT2D eigenvalue weighted by Gasteiger charge is 2.32. The molecule has 1 saturated heterocycles. The minimum atomic E-state index is -3.56. The van der Waals surface area contributed by atoms with Gasteiger partial charge in [-0.05, 0) is 18.6 Å². The molecule has 2 aromatic rings. The van der Waals surface area contributed by atoms with E-state index in [-0.39, 0.29) is 23.3 Å². The number of nitrogens with two attached hydrogens (primary N) is 1. The topological polar surface area (TPSA) is 89.4 Å². The minimum Gasteiger partial charge on any atom is -0.356 e. The molecule has 6 nitrogen and oxygen atoms in total. The van der Waals surface area contributed by atoms with E-state index in [0.29, 0.717) is 30.8 Å². The molecular weight excluding hydrogens is 314 g/mol. The SMILES string of the molecule is Cl.N[C@H]1CCN(S(=O)(=O)c2ccccc2-c2ccno2)C1. The Morgan fingerprint density at radius 3 is 2.67 bits per heavy atom. The number of hydrogen-bond acceptors (Lipinski definition) is 5. The molecule has 0 unspecified atom stereocenters. The summed E-state index contributed by atoms with van der Waals surface area (Å²) in [6, 6.07) is 8.31. The van der Waals surface area contributed by atoms with Crippen molar-refractivity contribution in [2.45, 2.75) is 17.4 Å². The van der Waals surface area contributed by atoms with Crippen molar-refractivity contribution in [2.75, 3.05) is 13.1 Å². The Balaban J connectivity index is 0.00000161. The fourth-order valence-electron chi connectivity index (χ4n) is 2.36. The summed E-state index contributed by atoms with van der Waals surface area (Å²) >= 11 is 0. The quantitative estimate of drug-likeness (QED) is 0.921. The molecule has 114 valence electrons. The van der Waals surface area contributed by atoms with Gasteiger partial charge in [-0.2, -0.15) is 4.31 Å². The number of hydrogen-bond donors (Lipinski definition) is 1. The first kappa shape index (κ1) is 16.0. The van der Waals surface area contributed by atoms with E-state index in [1.807, 2.05) is 0 Å². The van der Waals surface area contributed by atoms with Crippen LogP contribution in [0.1, 0.15) is 6.42 Å². The van der Waals surface area contributed by atoms with Gasteiger partial charge in [0, 0.05) is 30.8 Å². The van der Waals surface area contributed by atoms with Gasteiger partial charge < -0.3 is 10.3 Å². The third-order valence-electron chi connectivity index (χ3n) is 3.40. The smallest absolute Gasteiger partial charge is 0.243 e. The molecule has 0 bridgehead atoms. The molecule has 0 radical (unpaired) electrons. The zero-order chi connectivity index (χ0) is 14.2. The van der Waals surface area contributed by atoms with Crippen molar-refractivity contribution in [3.8, 4) is 11.3 Å². The Morgan fingerprint density at radius 1 is 1.29 bits per heavy atom. The summed E-state index contributed by atoms with van der Waals surface area (Å²) in [4.78, 5) is 0.228. The van der Waals surface area contributed by atoms with Gasteiger partial charge in [0.2, 0.25) is 10.0 Å². The van der Waals surface area contributed by atoms with Gasteiger partial charge in [-0.15, -0.1) is 12.4 Å². The summed E-state index contributed by atoms with van der Waals surface area (Å²) in [6.45, 7) is 0.807. The highest BCUT2D eigenvalue weighted by atomic mass is 35.5. The molecule has 1 aliphatic heterocycles. The van der Waals surface area contributed by atoms with Crippen molar-refractivity contribution < 1.29 is 12.9 Å². The number of nitrogens with zero attached hydrogens (tertiary/aromatic N) is 2. The number of benzene rings is 1. The molecule has 1 aromatic heterocycles. The molecule has 1 aliphatic rings. The molecular formula is C13H16ClN3O3S. The van der Waals surface area contributed by atoms with Crippen LogP contribution in [0.15, 0.2) is 45.9 Å². The molecule has 8 heteroatoms. The van der Waals surface area contributed by atoms with Crippen LogP contribution in [0.2, 0.25) is 0 Å². The van der Waals surface area contributed by atoms with Gasteiger partial charge in [-0.1, -0.05) is 17.3 Å². The first-order valence-electron chi connectivity index (χ1n) is 6.35. The van der Waals surface area contributed by atoms with E-state index in [9.17, 15) is 8.42 Å². The van der Waals surface area contributed by atoms with Crippen LogP contribution < -0.4 is 5.73 Å². The molecule has 1 aromatic carbocycles. The van der Waals surface area contributed by atoms with Crippen molar-refractivity contribution in [2.24, 2.45) is 5.73 Å². The lowest BCUT2D eigenvalue weighted by Crippen LogP contribution is -2.32. The van der Waals surface area contributed by atoms with Crippen LogP contribution in [-0.2, 0) is 10.0 Å². The molecule has 1 atom stereocenters. The van der Waals surface area contributed by atoms with Gasteiger partial charge in [0.1, 0.15) is 0 Å². The molecule has 0 spiro atoms. The Bertz CT molecular complexity index is 703. The lowest BCUT2D eigenvalue weighted by molar-refractivity contribution is 0.430. The van der Waals surface area contributed by atoms with Crippen molar-refractivity contribution >= 4 is 22.4 Å². The standard InChI is InChI=1S/C13H15N3O3S.ClH/c14-10-6-8-16(9-10)20(17,18)13-4-2-1-3-11(13)12-5-7-15-19-12;/h1-5,7,10H,6,8-9,14H2;1H/t10-;/m0./s1.